The molecule has 1 aromatic heterocycles. The van der Waals surface area contributed by atoms with E-state index >= 15 is 0 Å². The number of carbonyl (C=O) groups excluding carboxylic acids is 1. The zero-order valence-electron chi connectivity index (χ0n) is 11.9. The van der Waals surface area contributed by atoms with Crippen molar-refractivity contribution in [1.29, 1.82) is 0 Å². The molecular weight excluding hydrogens is 340 g/mol. The maximum absolute atomic E-state index is 11.8. The number of benzene rings is 1. The lowest BCUT2D eigenvalue weighted by Gasteiger charge is -2.07. The van der Waals surface area contributed by atoms with Gasteiger partial charge in [-0.2, -0.15) is 0 Å². The van der Waals surface area contributed by atoms with E-state index in [1.807, 2.05) is 0 Å². The van der Waals surface area contributed by atoms with Crippen molar-refractivity contribution in [3.05, 3.63) is 47.6 Å². The van der Waals surface area contributed by atoms with Crippen LogP contribution in [-0.2, 0) is 9.59 Å². The first-order valence-electron chi connectivity index (χ1n) is 6.52. The summed E-state index contributed by atoms with van der Waals surface area (Å²) in [5.74, 6) is -0.752. The van der Waals surface area contributed by atoms with Crippen molar-refractivity contribution in [3.8, 4) is 5.75 Å². The summed E-state index contributed by atoms with van der Waals surface area (Å²) in [7, 11) is 0. The van der Waals surface area contributed by atoms with Crippen LogP contribution in [0, 0.1) is 0 Å². The number of carboxylic acid groups (broad SMARTS) is 1. The molecule has 2 N–H and O–H groups in total. The van der Waals surface area contributed by atoms with Gasteiger partial charge in [-0.3, -0.25) is 9.59 Å². The van der Waals surface area contributed by atoms with E-state index in [-0.39, 0.29) is 18.3 Å². The highest BCUT2D eigenvalue weighted by Gasteiger charge is 2.05. The summed E-state index contributed by atoms with van der Waals surface area (Å²) in [4.78, 5) is 26.3. The molecule has 23 heavy (non-hydrogen) atoms. The molecule has 8 heteroatoms. The van der Waals surface area contributed by atoms with Gasteiger partial charge in [-0.25, -0.2) is 4.98 Å². The van der Waals surface area contributed by atoms with Gasteiger partial charge >= 0.3 is 5.97 Å². The van der Waals surface area contributed by atoms with Gasteiger partial charge < -0.3 is 15.2 Å². The highest BCUT2D eigenvalue weighted by atomic mass is 35.5. The van der Waals surface area contributed by atoms with E-state index in [2.05, 4.69) is 10.3 Å². The van der Waals surface area contributed by atoms with Crippen molar-refractivity contribution in [2.24, 2.45) is 0 Å². The van der Waals surface area contributed by atoms with E-state index in [4.69, 9.17) is 21.4 Å². The Morgan fingerprint density at radius 1 is 1.22 bits per heavy atom. The molecule has 6 nitrogen and oxygen atoms in total. The molecule has 0 unspecified atom stereocenters. The number of rotatable bonds is 7. The quantitative estimate of drug-likeness (QED) is 0.745. The molecule has 1 aromatic carbocycles. The van der Waals surface area contributed by atoms with Crippen LogP contribution < -0.4 is 10.1 Å². The van der Waals surface area contributed by atoms with E-state index in [1.165, 1.54) is 6.20 Å². The minimum absolute atomic E-state index is 0.0619. The zero-order chi connectivity index (χ0) is 16.7. The topological polar surface area (TPSA) is 88.5 Å². The highest BCUT2D eigenvalue weighted by molar-refractivity contribution is 7.99. The predicted molar refractivity (Wildman–Crippen MR) is 88.2 cm³/mol. The molecule has 0 aliphatic heterocycles. The predicted octanol–water partition coefficient (Wildman–Crippen LogP) is 2.93. The Bertz CT molecular complexity index is 677. The lowest BCUT2D eigenvalue weighted by molar-refractivity contribution is -0.133. The number of nitrogens with one attached hydrogen (secondary N) is 1. The first kappa shape index (κ1) is 17.1. The number of pyridine rings is 1. The van der Waals surface area contributed by atoms with Gasteiger partial charge in [0.1, 0.15) is 5.75 Å². The van der Waals surface area contributed by atoms with Crippen molar-refractivity contribution in [2.45, 2.75) is 5.03 Å². The third kappa shape index (κ3) is 6.17. The SMILES string of the molecule is O=C(O)CSc1ccc(NC(=O)COc2ccc(Cl)cc2)cn1. The minimum Gasteiger partial charge on any atom is -0.484 e. The lowest BCUT2D eigenvalue weighted by Crippen LogP contribution is -2.20. The summed E-state index contributed by atoms with van der Waals surface area (Å²) < 4.78 is 5.32. The van der Waals surface area contributed by atoms with Gasteiger partial charge in [0.05, 0.1) is 22.7 Å². The number of carbonyl (C=O) groups is 2. The second-order valence-corrected chi connectivity index (χ2v) is 5.79. The molecule has 0 atom stereocenters. The fraction of sp³-hybridized carbons (Fsp3) is 0.133. The largest absolute Gasteiger partial charge is 0.484 e. The number of nitrogens with zero attached hydrogens (tertiary/aromatic N) is 1. The molecule has 0 aliphatic carbocycles. The first-order chi connectivity index (χ1) is 11.0. The van der Waals surface area contributed by atoms with Gasteiger partial charge in [-0.1, -0.05) is 23.4 Å². The molecule has 120 valence electrons. The maximum atomic E-state index is 11.8. The number of aromatic nitrogens is 1. The Morgan fingerprint density at radius 2 is 1.96 bits per heavy atom. The van der Waals surface area contributed by atoms with Crippen LogP contribution in [0.4, 0.5) is 5.69 Å². The van der Waals surface area contributed by atoms with Gasteiger partial charge in [0.2, 0.25) is 0 Å². The summed E-state index contributed by atoms with van der Waals surface area (Å²) in [5, 5.41) is 12.4. The first-order valence-corrected chi connectivity index (χ1v) is 7.88. The van der Waals surface area contributed by atoms with Crippen LogP contribution in [0.15, 0.2) is 47.6 Å². The zero-order valence-corrected chi connectivity index (χ0v) is 13.4. The van der Waals surface area contributed by atoms with E-state index in [9.17, 15) is 9.59 Å². The van der Waals surface area contributed by atoms with Crippen molar-refractivity contribution < 1.29 is 19.4 Å². The number of carboxylic acids is 1. The molecule has 0 aliphatic rings. The van der Waals surface area contributed by atoms with Crippen molar-refractivity contribution in [2.75, 3.05) is 17.7 Å². The van der Waals surface area contributed by atoms with Crippen LogP contribution in [-0.4, -0.2) is 34.3 Å². The molecule has 1 heterocycles. The molecule has 1 amide bonds. The van der Waals surface area contributed by atoms with E-state index in [1.54, 1.807) is 36.4 Å². The van der Waals surface area contributed by atoms with E-state index in [0.29, 0.717) is 21.5 Å². The summed E-state index contributed by atoms with van der Waals surface area (Å²) in [6, 6.07) is 9.98. The van der Waals surface area contributed by atoms with Crippen LogP contribution >= 0.6 is 23.4 Å². The van der Waals surface area contributed by atoms with Gasteiger partial charge in [0.25, 0.3) is 5.91 Å². The smallest absolute Gasteiger partial charge is 0.313 e. The number of ether oxygens (including phenoxy) is 1. The number of amides is 1. The molecule has 0 radical (unpaired) electrons. The number of hydrogen-bond donors (Lipinski definition) is 2. The number of aliphatic carboxylic acids is 1. The molecule has 0 saturated heterocycles. The summed E-state index contributed by atoms with van der Waals surface area (Å²) in [6.45, 7) is -0.142. The van der Waals surface area contributed by atoms with Crippen LogP contribution in [0.5, 0.6) is 5.75 Å². The van der Waals surface area contributed by atoms with Crippen LogP contribution in [0.1, 0.15) is 0 Å². The Balaban J connectivity index is 1.80. The molecule has 2 rings (SSSR count). The van der Waals surface area contributed by atoms with Crippen LogP contribution in [0.2, 0.25) is 5.02 Å². The molecule has 2 aromatic rings. The molecule has 0 fully saturated rings. The fourth-order valence-electron chi connectivity index (χ4n) is 1.55. The standard InChI is InChI=1S/C15H13ClN2O4S/c16-10-1-4-12(5-2-10)22-8-13(19)18-11-3-6-14(17-7-11)23-9-15(20)21/h1-7H,8-9H2,(H,18,19)(H,20,21). The number of hydrogen-bond acceptors (Lipinski definition) is 5. The third-order valence-electron chi connectivity index (χ3n) is 2.55. The highest BCUT2D eigenvalue weighted by Crippen LogP contribution is 2.17. The second-order valence-electron chi connectivity index (χ2n) is 4.36. The Morgan fingerprint density at radius 3 is 2.57 bits per heavy atom. The fourth-order valence-corrected chi connectivity index (χ4v) is 2.24. The Hall–Kier alpha value is -2.25. The van der Waals surface area contributed by atoms with Crippen LogP contribution in [0.3, 0.4) is 0 Å². The summed E-state index contributed by atoms with van der Waals surface area (Å²) in [5.41, 5.74) is 0.509. The monoisotopic (exact) mass is 352 g/mol. The van der Waals surface area contributed by atoms with E-state index < -0.39 is 5.97 Å². The summed E-state index contributed by atoms with van der Waals surface area (Å²) >= 11 is 6.86. The molecule has 0 bridgehead atoms. The van der Waals surface area contributed by atoms with Crippen molar-refractivity contribution in [1.82, 2.24) is 4.98 Å². The second kappa shape index (κ2) is 8.40. The van der Waals surface area contributed by atoms with Crippen LogP contribution in [0.25, 0.3) is 0 Å². The number of anilines is 1. The average molecular weight is 353 g/mol. The Labute approximate surface area is 141 Å². The minimum atomic E-state index is -0.909. The maximum Gasteiger partial charge on any atom is 0.313 e. The number of thioether (sulfide) groups is 1. The van der Waals surface area contributed by atoms with Gasteiger partial charge in [-0.15, -0.1) is 0 Å². The normalized spacial score (nSPS) is 10.1. The van der Waals surface area contributed by atoms with Crippen molar-refractivity contribution in [3.63, 3.8) is 0 Å². The van der Waals surface area contributed by atoms with Crippen molar-refractivity contribution >= 4 is 40.9 Å². The molecule has 0 spiro atoms. The Kier molecular flexibility index (Phi) is 6.25. The lowest BCUT2D eigenvalue weighted by atomic mass is 10.3. The molecule has 0 saturated carbocycles. The number of halogens is 1. The van der Waals surface area contributed by atoms with Gasteiger partial charge in [0, 0.05) is 5.02 Å². The van der Waals surface area contributed by atoms with E-state index in [0.717, 1.165) is 11.8 Å². The molecular formula is C15H13ClN2O4S. The van der Waals surface area contributed by atoms with Gasteiger partial charge in [0.15, 0.2) is 6.61 Å². The summed E-state index contributed by atoms with van der Waals surface area (Å²) in [6.07, 6.45) is 1.46. The van der Waals surface area contributed by atoms with Gasteiger partial charge in [-0.05, 0) is 36.4 Å². The average Bonchev–Trinajstić information content (AvgIpc) is 2.53. The third-order valence-corrected chi connectivity index (χ3v) is 3.73.